The molecule has 4 N–H and O–H groups in total. The zero-order valence-corrected chi connectivity index (χ0v) is 29.8. The Morgan fingerprint density at radius 3 is 1.18 bits per heavy atom. The van der Waals surface area contributed by atoms with Gasteiger partial charge in [0.1, 0.15) is 0 Å². The summed E-state index contributed by atoms with van der Waals surface area (Å²) in [5.41, 5.74) is 10.3. The van der Waals surface area contributed by atoms with Gasteiger partial charge in [-0.3, -0.25) is 19.2 Å². The van der Waals surface area contributed by atoms with Crippen molar-refractivity contribution < 1.29 is 60.7 Å². The predicted octanol–water partition coefficient (Wildman–Crippen LogP) is 5.81. The van der Waals surface area contributed by atoms with Crippen molar-refractivity contribution in [2.24, 2.45) is 0 Å². The second-order valence-corrected chi connectivity index (χ2v) is 12.1. The Bertz CT molecular complexity index is 2100. The molecule has 0 fully saturated rings. The van der Waals surface area contributed by atoms with Gasteiger partial charge in [0.2, 0.25) is 0 Å². The molecule has 5 rings (SSSR count). The summed E-state index contributed by atoms with van der Waals surface area (Å²) in [6.45, 7) is 7.44. The van der Waals surface area contributed by atoms with E-state index in [9.17, 15) is 39.6 Å². The summed E-state index contributed by atoms with van der Waals surface area (Å²) in [4.78, 5) is 65.9. The second kappa shape index (κ2) is 15.2. The van der Waals surface area contributed by atoms with Crippen molar-refractivity contribution in [1.29, 1.82) is 0 Å². The van der Waals surface area contributed by atoms with Crippen LogP contribution in [0.3, 0.4) is 0 Å². The Labute approximate surface area is 296 Å². The van der Waals surface area contributed by atoms with Crippen molar-refractivity contribution in [1.82, 2.24) is 19.9 Å². The van der Waals surface area contributed by atoms with Crippen molar-refractivity contribution >= 4 is 68.2 Å². The molecule has 0 aromatic carbocycles. The number of carboxylic acids is 4. The van der Waals surface area contributed by atoms with Gasteiger partial charge in [0, 0.05) is 25.7 Å². The van der Waals surface area contributed by atoms with E-state index in [4.69, 9.17) is 19.9 Å². The summed E-state index contributed by atoms with van der Waals surface area (Å²) in [7, 11) is 0. The van der Waals surface area contributed by atoms with Crippen LogP contribution < -0.4 is 9.97 Å². The van der Waals surface area contributed by atoms with Gasteiger partial charge in [-0.15, -0.1) is 22.1 Å². The number of hydrogen-bond donors (Lipinski definition) is 4. The maximum absolute atomic E-state index is 11.6. The van der Waals surface area contributed by atoms with E-state index in [0.29, 0.717) is 50.4 Å². The van der Waals surface area contributed by atoms with Gasteiger partial charge in [-0.2, -0.15) is 0 Å². The standard InChI is InChI=1S/C36H38N4O8.Pt/c1-17-21(5-9-33(41)42)29-14-27-19(3)22(6-10-34(43)44)30(39-27)15-28-20(4)24(8-12-36(47)48)32(40-28)16-31-23(7-11-35(45)46)18(2)26(38-31)13-25(17)37-29;/h13-16H,5-12H2,1-4H3,(H6,37,38,39,40,41,42,43,44,45,46,47,48);/q;+2/p-2. The number of aliphatic carboxylic acids is 4. The topological polar surface area (TPSA) is 203 Å². The third-order valence-electron chi connectivity index (χ3n) is 9.00. The fraction of sp³-hybridized carbons (Fsp3) is 0.333. The third kappa shape index (κ3) is 8.08. The molecule has 5 heterocycles. The monoisotopic (exact) mass is 847 g/mol. The quantitative estimate of drug-likeness (QED) is 0.171. The molecule has 0 saturated carbocycles. The minimum Gasteiger partial charge on any atom is -0.657 e. The molecule has 0 aliphatic carbocycles. The van der Waals surface area contributed by atoms with Crippen LogP contribution in [0.5, 0.6) is 0 Å². The Morgan fingerprint density at radius 2 is 0.816 bits per heavy atom. The molecule has 13 heteroatoms. The Kier molecular flexibility index (Phi) is 11.4. The fourth-order valence-electron chi connectivity index (χ4n) is 6.26. The van der Waals surface area contributed by atoms with E-state index in [-0.39, 0.29) is 72.4 Å². The summed E-state index contributed by atoms with van der Waals surface area (Å²) in [6.07, 6.45) is 0.367. The Balaban J connectivity index is 0.00000541. The fourth-order valence-corrected chi connectivity index (χ4v) is 6.26. The number of rotatable bonds is 12. The number of aromatic nitrogens is 4. The van der Waals surface area contributed by atoms with Crippen LogP contribution in [0.25, 0.3) is 44.4 Å². The number of carboxylic acid groups (broad SMARTS) is 4. The summed E-state index contributed by atoms with van der Waals surface area (Å²) in [5.74, 6) is -3.83. The zero-order valence-electron chi connectivity index (χ0n) is 27.5. The Morgan fingerprint density at radius 1 is 0.510 bits per heavy atom. The first-order chi connectivity index (χ1) is 22.7. The minimum absolute atomic E-state index is 0. The van der Waals surface area contributed by atoms with E-state index in [1.807, 2.05) is 33.8 Å². The maximum Gasteiger partial charge on any atom is 2.00 e. The van der Waals surface area contributed by atoms with Crippen LogP contribution in [0.15, 0.2) is 24.3 Å². The number of carbonyl (C=O) groups is 4. The van der Waals surface area contributed by atoms with Gasteiger partial charge in [-0.1, -0.05) is 46.5 Å². The largest absolute Gasteiger partial charge is 2.00 e. The number of aryl methyl sites for hydroxylation is 4. The summed E-state index contributed by atoms with van der Waals surface area (Å²) in [5, 5.41) is 37.9. The molecule has 0 atom stereocenters. The van der Waals surface area contributed by atoms with Crippen molar-refractivity contribution in [3.63, 3.8) is 0 Å². The van der Waals surface area contributed by atoms with Crippen LogP contribution in [0.1, 0.15) is 97.4 Å². The molecule has 8 bridgehead atoms. The molecule has 0 spiro atoms. The van der Waals surface area contributed by atoms with Gasteiger partial charge in [0.25, 0.3) is 0 Å². The predicted molar refractivity (Wildman–Crippen MR) is 179 cm³/mol. The second-order valence-electron chi connectivity index (χ2n) is 12.1. The van der Waals surface area contributed by atoms with Crippen LogP contribution in [0.2, 0.25) is 0 Å². The molecule has 0 radical (unpaired) electrons. The van der Waals surface area contributed by atoms with Gasteiger partial charge in [0.15, 0.2) is 0 Å². The maximum atomic E-state index is 11.6. The van der Waals surface area contributed by atoms with Crippen LogP contribution >= 0.6 is 0 Å². The van der Waals surface area contributed by atoms with Crippen LogP contribution in [0, 0.1) is 13.8 Å². The van der Waals surface area contributed by atoms with E-state index in [2.05, 4.69) is 0 Å². The molecule has 0 saturated heterocycles. The average Bonchev–Trinajstić information content (AvgIpc) is 3.66. The van der Waals surface area contributed by atoms with Gasteiger partial charge in [0.05, 0.1) is 22.8 Å². The number of allylic oxidation sites excluding steroid dienone is 4. The van der Waals surface area contributed by atoms with Crippen LogP contribution in [-0.2, 0) is 53.1 Å². The van der Waals surface area contributed by atoms with Crippen molar-refractivity contribution in [3.8, 4) is 0 Å². The molecule has 49 heavy (non-hydrogen) atoms. The normalized spacial score (nSPS) is 12.7. The summed E-state index contributed by atoms with van der Waals surface area (Å²) >= 11 is 0. The molecule has 3 aromatic rings. The van der Waals surface area contributed by atoms with E-state index in [0.717, 1.165) is 39.0 Å². The molecule has 2 aliphatic heterocycles. The molecule has 3 aromatic heterocycles. The van der Waals surface area contributed by atoms with Crippen molar-refractivity contribution in [2.45, 2.75) is 79.1 Å². The smallest absolute Gasteiger partial charge is 0.657 e. The first-order valence-corrected chi connectivity index (χ1v) is 15.6. The van der Waals surface area contributed by atoms with Gasteiger partial charge >= 0.3 is 44.9 Å². The molecule has 2 aliphatic rings. The van der Waals surface area contributed by atoms with E-state index >= 15 is 0 Å². The number of hydrogen-bond acceptors (Lipinski definition) is 6. The minimum atomic E-state index is -0.962. The average molecular weight is 848 g/mol. The summed E-state index contributed by atoms with van der Waals surface area (Å²) in [6, 6.07) is 7.14. The van der Waals surface area contributed by atoms with Crippen LogP contribution in [-0.4, -0.2) is 54.3 Å². The SMILES string of the molecule is CC1=C(CCC(=O)O)c2cc3[n-]c(cc4nc(cc5[n-]c(cc1n2)c(C)c5CCC(=O)O)C(CCC(=O)O)=C4C)c(CCC(=O)O)c3C.[Pt+2]. The molecule has 258 valence electrons. The van der Waals surface area contributed by atoms with E-state index in [1.54, 1.807) is 18.2 Å². The van der Waals surface area contributed by atoms with Gasteiger partial charge in [-0.25, -0.2) is 9.97 Å². The molecule has 0 amide bonds. The van der Waals surface area contributed by atoms with E-state index < -0.39 is 23.9 Å². The molecular formula is C36H36N4O8Pt. The van der Waals surface area contributed by atoms with E-state index in [1.165, 1.54) is 0 Å². The van der Waals surface area contributed by atoms with Crippen molar-refractivity contribution in [3.05, 3.63) is 69.3 Å². The van der Waals surface area contributed by atoms with Gasteiger partial charge < -0.3 is 30.4 Å². The molecular weight excluding hydrogens is 811 g/mol. The molecule has 0 unspecified atom stereocenters. The first-order valence-electron chi connectivity index (χ1n) is 15.6. The van der Waals surface area contributed by atoms with Crippen molar-refractivity contribution in [2.75, 3.05) is 0 Å². The van der Waals surface area contributed by atoms with Gasteiger partial charge in [-0.05, 0) is 75.7 Å². The number of fused-ring (bicyclic) bond motifs is 8. The molecule has 12 nitrogen and oxygen atoms in total. The summed E-state index contributed by atoms with van der Waals surface area (Å²) < 4.78 is 0. The first kappa shape index (κ1) is 37.0. The van der Waals surface area contributed by atoms with Crippen LogP contribution in [0.4, 0.5) is 0 Å². The zero-order chi connectivity index (χ0) is 34.9. The number of nitrogens with zero attached hydrogens (tertiary/aromatic N) is 4. The third-order valence-corrected chi connectivity index (χ3v) is 9.00. The Hall–Kier alpha value is -4.83.